The fourth-order valence-electron chi connectivity index (χ4n) is 6.60. The standard InChI is InChI=1S/C34H44N4O8S3/c1-19-11-21-15-37-9-5-7-25(37)31(41)35-23(33(43)45-3)17-47-48-18-24(34(44)46-4)36-32(42)26-8-6-10-38(26)16-22-12-20(2)14-28(30(22)40)49-27(13-19)29(21)39/h11-14,23-26,39-40H,5-10,15-18H2,1-4H3,(H,35,41)(H,36,42)/t23-,24?,25+,26+/m1/s1. The number of amides is 2. The third kappa shape index (κ3) is 8.98. The van der Waals surface area contributed by atoms with E-state index in [1.54, 1.807) is 0 Å². The maximum absolute atomic E-state index is 13.6. The van der Waals surface area contributed by atoms with Crippen molar-refractivity contribution in [1.29, 1.82) is 0 Å². The number of carbonyl (C=O) groups excluding carboxylic acids is 4. The van der Waals surface area contributed by atoms with Crippen LogP contribution in [0.4, 0.5) is 0 Å². The third-order valence-corrected chi connectivity index (χ3v) is 12.5. The van der Waals surface area contributed by atoms with Crippen LogP contribution in [0.3, 0.4) is 0 Å². The summed E-state index contributed by atoms with van der Waals surface area (Å²) in [5.74, 6) is -1.27. The van der Waals surface area contributed by atoms with Crippen LogP contribution in [-0.4, -0.2) is 107 Å². The van der Waals surface area contributed by atoms with Gasteiger partial charge in [-0.2, -0.15) is 0 Å². The van der Waals surface area contributed by atoms with Crippen molar-refractivity contribution >= 4 is 57.1 Å². The van der Waals surface area contributed by atoms with E-state index < -0.39 is 36.1 Å². The molecule has 12 nitrogen and oxygen atoms in total. The molecule has 0 spiro atoms. The van der Waals surface area contributed by atoms with Gasteiger partial charge in [0.25, 0.3) is 0 Å². The van der Waals surface area contributed by atoms with Crippen LogP contribution in [0.2, 0.25) is 0 Å². The lowest BCUT2D eigenvalue weighted by Crippen LogP contribution is -2.51. The molecule has 49 heavy (non-hydrogen) atoms. The molecule has 2 aromatic rings. The van der Waals surface area contributed by atoms with E-state index in [0.29, 0.717) is 59.9 Å². The molecule has 2 amide bonds. The minimum atomic E-state index is -0.932. The van der Waals surface area contributed by atoms with E-state index in [4.69, 9.17) is 9.47 Å². The first-order valence-corrected chi connectivity index (χ1v) is 19.6. The van der Waals surface area contributed by atoms with Crippen LogP contribution in [0.1, 0.15) is 47.9 Å². The largest absolute Gasteiger partial charge is 0.506 e. The van der Waals surface area contributed by atoms with Gasteiger partial charge < -0.3 is 30.3 Å². The smallest absolute Gasteiger partial charge is 0.329 e. The van der Waals surface area contributed by atoms with Gasteiger partial charge in [-0.15, -0.1) is 0 Å². The molecule has 4 bridgehead atoms. The maximum atomic E-state index is 13.6. The third-order valence-electron chi connectivity index (χ3n) is 9.05. The summed E-state index contributed by atoms with van der Waals surface area (Å²) in [7, 11) is 5.09. The second kappa shape index (κ2) is 16.7. The number of phenols is 2. The van der Waals surface area contributed by atoms with Crippen LogP contribution in [0.5, 0.6) is 11.5 Å². The number of aryl methyl sites for hydroxylation is 2. The number of ether oxygens (including phenoxy) is 2. The van der Waals surface area contributed by atoms with E-state index in [9.17, 15) is 29.4 Å². The average Bonchev–Trinajstić information content (AvgIpc) is 3.74. The topological polar surface area (TPSA) is 158 Å². The number of methoxy groups -OCH3 is 2. The highest BCUT2D eigenvalue weighted by Crippen LogP contribution is 2.43. The number of esters is 2. The zero-order valence-corrected chi connectivity index (χ0v) is 30.6. The van der Waals surface area contributed by atoms with Gasteiger partial charge in [-0.3, -0.25) is 19.4 Å². The fourth-order valence-corrected chi connectivity index (χ4v) is 10.1. The van der Waals surface area contributed by atoms with Gasteiger partial charge in [0.15, 0.2) is 0 Å². The molecule has 3 aliphatic heterocycles. The van der Waals surface area contributed by atoms with Crippen LogP contribution in [-0.2, 0) is 41.7 Å². The number of hydrogen-bond donors (Lipinski definition) is 4. The van der Waals surface area contributed by atoms with Crippen molar-refractivity contribution in [3.8, 4) is 11.5 Å². The highest BCUT2D eigenvalue weighted by molar-refractivity contribution is 8.76. The van der Waals surface area contributed by atoms with Gasteiger partial charge in [0, 0.05) is 35.7 Å². The molecule has 15 heteroatoms. The molecule has 2 saturated heterocycles. The summed E-state index contributed by atoms with van der Waals surface area (Å²) in [5, 5.41) is 28.7. The monoisotopic (exact) mass is 732 g/mol. The average molecular weight is 733 g/mol. The van der Waals surface area contributed by atoms with Gasteiger partial charge in [-0.05, 0) is 75.9 Å². The number of rotatable bonds is 2. The Morgan fingerprint density at radius 3 is 1.53 bits per heavy atom. The molecule has 0 radical (unpaired) electrons. The molecule has 3 heterocycles. The Labute approximate surface area is 298 Å². The van der Waals surface area contributed by atoms with Crippen molar-refractivity contribution in [1.82, 2.24) is 20.4 Å². The maximum Gasteiger partial charge on any atom is 0.329 e. The summed E-state index contributed by atoms with van der Waals surface area (Å²) in [4.78, 5) is 57.7. The number of aromatic hydroxyl groups is 2. The van der Waals surface area contributed by atoms with E-state index in [1.807, 2.05) is 47.9 Å². The SMILES string of the molecule is COC(=O)C1CSSC[C@H](C(=O)OC)NC(=O)[C@@H]2CCCN2Cc2cc(C)cc(c2O)Sc2cc(C)cc(c2O)CN2CCC[C@H]2C(=O)N1. The molecule has 3 aliphatic rings. The minimum Gasteiger partial charge on any atom is -0.506 e. The number of fused-ring (bicyclic) bond motifs is 6. The molecule has 4 N–H and O–H groups in total. The van der Waals surface area contributed by atoms with Gasteiger partial charge in [-0.25, -0.2) is 9.59 Å². The van der Waals surface area contributed by atoms with Crippen molar-refractivity contribution in [2.75, 3.05) is 38.8 Å². The Morgan fingerprint density at radius 2 is 1.14 bits per heavy atom. The molecule has 4 atom stereocenters. The minimum absolute atomic E-state index is 0.0832. The highest BCUT2D eigenvalue weighted by atomic mass is 33.1. The number of benzene rings is 2. The number of hydrogen-bond acceptors (Lipinski definition) is 13. The molecular weight excluding hydrogens is 689 g/mol. The Balaban J connectivity index is 1.49. The van der Waals surface area contributed by atoms with Crippen molar-refractivity contribution < 1.29 is 38.9 Å². The van der Waals surface area contributed by atoms with Crippen molar-refractivity contribution in [2.24, 2.45) is 0 Å². The zero-order valence-electron chi connectivity index (χ0n) is 28.2. The zero-order chi connectivity index (χ0) is 35.2. The van der Waals surface area contributed by atoms with E-state index in [1.165, 1.54) is 47.6 Å². The number of nitrogens with one attached hydrogen (secondary N) is 2. The van der Waals surface area contributed by atoms with Crippen LogP contribution in [0.25, 0.3) is 0 Å². The lowest BCUT2D eigenvalue weighted by molar-refractivity contribution is -0.145. The lowest BCUT2D eigenvalue weighted by Gasteiger charge is -2.26. The Bertz CT molecular complexity index is 1460. The first kappa shape index (κ1) is 37.2. The fraction of sp³-hybridized carbons (Fsp3) is 0.529. The number of phenolic OH excluding ortho intramolecular Hbond substituents is 2. The molecule has 5 rings (SSSR count). The molecular formula is C34H44N4O8S3. The Hall–Kier alpha value is -3.11. The quantitative estimate of drug-likeness (QED) is 0.263. The lowest BCUT2D eigenvalue weighted by atomic mass is 10.1. The summed E-state index contributed by atoms with van der Waals surface area (Å²) in [5.41, 5.74) is 3.17. The second-order valence-electron chi connectivity index (χ2n) is 12.6. The molecule has 2 aromatic carbocycles. The second-order valence-corrected chi connectivity index (χ2v) is 16.3. The first-order valence-electron chi connectivity index (χ1n) is 16.3. The number of nitrogens with zero attached hydrogens (tertiary/aromatic N) is 2. The Kier molecular flexibility index (Phi) is 12.7. The van der Waals surface area contributed by atoms with Crippen molar-refractivity contribution in [2.45, 2.75) is 86.6 Å². The molecule has 0 aliphatic carbocycles. The Morgan fingerprint density at radius 1 is 0.735 bits per heavy atom. The summed E-state index contributed by atoms with van der Waals surface area (Å²) in [6.07, 6.45) is 2.74. The molecule has 266 valence electrons. The van der Waals surface area contributed by atoms with Gasteiger partial charge in [-0.1, -0.05) is 45.5 Å². The van der Waals surface area contributed by atoms with E-state index in [0.717, 1.165) is 24.0 Å². The van der Waals surface area contributed by atoms with Crippen LogP contribution < -0.4 is 10.6 Å². The van der Waals surface area contributed by atoms with Crippen LogP contribution in [0.15, 0.2) is 34.1 Å². The van der Waals surface area contributed by atoms with Gasteiger partial charge in [0.05, 0.1) is 36.1 Å². The predicted molar refractivity (Wildman–Crippen MR) is 189 cm³/mol. The molecule has 0 aromatic heterocycles. The van der Waals surface area contributed by atoms with Crippen LogP contribution in [0, 0.1) is 13.8 Å². The van der Waals surface area contributed by atoms with E-state index in [-0.39, 0.29) is 34.8 Å². The van der Waals surface area contributed by atoms with Crippen molar-refractivity contribution in [3.05, 3.63) is 46.5 Å². The van der Waals surface area contributed by atoms with Gasteiger partial charge in [0.2, 0.25) is 11.8 Å². The van der Waals surface area contributed by atoms with Gasteiger partial charge in [0.1, 0.15) is 23.6 Å². The van der Waals surface area contributed by atoms with E-state index in [2.05, 4.69) is 10.6 Å². The normalized spacial score (nSPS) is 24.7. The molecule has 0 saturated carbocycles. The van der Waals surface area contributed by atoms with Crippen LogP contribution >= 0.6 is 33.3 Å². The first-order chi connectivity index (χ1) is 23.5. The van der Waals surface area contributed by atoms with Crippen molar-refractivity contribution in [3.63, 3.8) is 0 Å². The summed E-state index contributed by atoms with van der Waals surface area (Å²) in [6, 6.07) is 4.66. The summed E-state index contributed by atoms with van der Waals surface area (Å²) < 4.78 is 9.97. The summed E-state index contributed by atoms with van der Waals surface area (Å²) >= 11 is 1.27. The summed E-state index contributed by atoms with van der Waals surface area (Å²) in [6.45, 7) is 5.81. The molecule has 2 fully saturated rings. The van der Waals surface area contributed by atoms with Gasteiger partial charge >= 0.3 is 11.9 Å². The van der Waals surface area contributed by atoms with E-state index >= 15 is 0 Å². The highest BCUT2D eigenvalue weighted by Gasteiger charge is 2.36. The molecule has 1 unspecified atom stereocenters. The number of carbonyl (C=O) groups is 4. The predicted octanol–water partition coefficient (Wildman–Crippen LogP) is 3.51.